The molecule has 1 aliphatic heterocycles. The summed E-state index contributed by atoms with van der Waals surface area (Å²) in [5, 5.41) is 18.5. The zero-order valence-electron chi connectivity index (χ0n) is 10.8. The Hall–Kier alpha value is -1.73. The van der Waals surface area contributed by atoms with Crippen molar-refractivity contribution in [1.82, 2.24) is 19.9 Å². The Balaban J connectivity index is 1.97. The molecule has 0 aliphatic carbocycles. The zero-order valence-corrected chi connectivity index (χ0v) is 12.4. The minimum atomic E-state index is -1.56. The minimum absolute atomic E-state index is 0.284. The molecule has 0 saturated carbocycles. The predicted octanol–water partition coefficient (Wildman–Crippen LogP) is 1.08. The van der Waals surface area contributed by atoms with Crippen LogP contribution in [-0.4, -0.2) is 44.5 Å². The van der Waals surface area contributed by atoms with Gasteiger partial charge in [-0.2, -0.15) is 0 Å². The van der Waals surface area contributed by atoms with Crippen LogP contribution in [0.3, 0.4) is 0 Å². The molecule has 0 unspecified atom stereocenters. The van der Waals surface area contributed by atoms with Crippen molar-refractivity contribution < 1.29 is 9.90 Å². The highest BCUT2D eigenvalue weighted by Crippen LogP contribution is 2.31. The molecule has 1 aliphatic rings. The van der Waals surface area contributed by atoms with Crippen LogP contribution in [0.25, 0.3) is 5.69 Å². The van der Waals surface area contributed by atoms with E-state index in [1.54, 1.807) is 17.9 Å². The average Bonchev–Trinajstić information content (AvgIpc) is 3.02. The fraction of sp³-hybridized carbons (Fsp3) is 0.308. The van der Waals surface area contributed by atoms with Crippen molar-refractivity contribution in [2.24, 2.45) is 0 Å². The Morgan fingerprint density at radius 2 is 2.25 bits per heavy atom. The first-order chi connectivity index (χ1) is 9.50. The number of likely N-dealkylation sites (N-methyl/N-ethyl adjacent to an activating group) is 1. The lowest BCUT2D eigenvalue weighted by atomic mass is 9.99. The first-order valence-electron chi connectivity index (χ1n) is 6.17. The number of rotatable bonds is 2. The van der Waals surface area contributed by atoms with E-state index in [1.807, 2.05) is 24.3 Å². The van der Waals surface area contributed by atoms with Gasteiger partial charge in [0, 0.05) is 24.5 Å². The number of carbonyl (C=O) groups is 1. The average molecular weight is 337 g/mol. The second kappa shape index (κ2) is 4.68. The number of hydrogen-bond donors (Lipinski definition) is 1. The maximum absolute atomic E-state index is 12.0. The van der Waals surface area contributed by atoms with E-state index in [0.29, 0.717) is 13.0 Å². The van der Waals surface area contributed by atoms with Gasteiger partial charge in [-0.3, -0.25) is 4.79 Å². The van der Waals surface area contributed by atoms with Crippen LogP contribution in [0, 0.1) is 0 Å². The van der Waals surface area contributed by atoms with Gasteiger partial charge in [-0.05, 0) is 18.2 Å². The van der Waals surface area contributed by atoms with E-state index >= 15 is 0 Å². The van der Waals surface area contributed by atoms with E-state index in [0.717, 1.165) is 10.2 Å². The van der Waals surface area contributed by atoms with Crippen molar-refractivity contribution in [2.75, 3.05) is 13.6 Å². The lowest BCUT2D eigenvalue weighted by Crippen LogP contribution is -2.36. The summed E-state index contributed by atoms with van der Waals surface area (Å²) in [5.41, 5.74) is -0.466. The van der Waals surface area contributed by atoms with E-state index in [1.165, 1.54) is 4.90 Å². The van der Waals surface area contributed by atoms with Crippen LogP contribution < -0.4 is 0 Å². The largest absolute Gasteiger partial charge is 0.374 e. The molecule has 1 aromatic carbocycles. The van der Waals surface area contributed by atoms with Crippen molar-refractivity contribution in [3.05, 3.63) is 40.6 Å². The molecule has 0 spiro atoms. The summed E-state index contributed by atoms with van der Waals surface area (Å²) >= 11 is 3.39. The van der Waals surface area contributed by atoms with E-state index in [9.17, 15) is 9.90 Å². The van der Waals surface area contributed by atoms with Crippen LogP contribution in [0.1, 0.15) is 12.1 Å². The molecule has 0 bridgehead atoms. The Labute approximate surface area is 124 Å². The first-order valence-corrected chi connectivity index (χ1v) is 6.97. The topological polar surface area (TPSA) is 71.2 Å². The maximum Gasteiger partial charge on any atom is 0.260 e. The summed E-state index contributed by atoms with van der Waals surface area (Å²) in [6, 6.07) is 7.54. The van der Waals surface area contributed by atoms with E-state index in [-0.39, 0.29) is 11.6 Å². The van der Waals surface area contributed by atoms with Crippen LogP contribution in [0.4, 0.5) is 0 Å². The fourth-order valence-electron chi connectivity index (χ4n) is 2.29. The normalized spacial score (nSPS) is 22.6. The highest BCUT2D eigenvalue weighted by atomic mass is 79.9. The third-order valence-corrected chi connectivity index (χ3v) is 3.99. The first kappa shape index (κ1) is 13.3. The molecule has 1 N–H and O–H groups in total. The molecule has 1 amide bonds. The van der Waals surface area contributed by atoms with Gasteiger partial charge >= 0.3 is 0 Å². The second-order valence-electron chi connectivity index (χ2n) is 4.87. The zero-order chi connectivity index (χ0) is 14.3. The van der Waals surface area contributed by atoms with Gasteiger partial charge in [0.15, 0.2) is 5.60 Å². The summed E-state index contributed by atoms with van der Waals surface area (Å²) < 4.78 is 2.46. The van der Waals surface area contributed by atoms with Crippen LogP contribution >= 0.6 is 15.9 Å². The number of halogens is 1. The molecule has 20 heavy (non-hydrogen) atoms. The van der Waals surface area contributed by atoms with Gasteiger partial charge in [-0.1, -0.05) is 27.2 Å². The van der Waals surface area contributed by atoms with Crippen molar-refractivity contribution in [3.8, 4) is 5.69 Å². The van der Waals surface area contributed by atoms with Crippen molar-refractivity contribution in [3.63, 3.8) is 0 Å². The Morgan fingerprint density at radius 1 is 1.45 bits per heavy atom. The van der Waals surface area contributed by atoms with Gasteiger partial charge in [-0.25, -0.2) is 4.68 Å². The monoisotopic (exact) mass is 336 g/mol. The number of amides is 1. The molecule has 1 aromatic heterocycles. The van der Waals surface area contributed by atoms with Crippen LogP contribution in [-0.2, 0) is 10.4 Å². The van der Waals surface area contributed by atoms with Gasteiger partial charge in [0.2, 0.25) is 0 Å². The smallest absolute Gasteiger partial charge is 0.260 e. The third-order valence-electron chi connectivity index (χ3n) is 3.50. The summed E-state index contributed by atoms with van der Waals surface area (Å²) in [7, 11) is 1.67. The van der Waals surface area contributed by atoms with Gasteiger partial charge in [0.25, 0.3) is 5.91 Å². The number of aromatic nitrogens is 3. The molecule has 1 saturated heterocycles. The summed E-state index contributed by atoms with van der Waals surface area (Å²) in [4.78, 5) is 13.5. The van der Waals surface area contributed by atoms with Crippen molar-refractivity contribution in [2.45, 2.75) is 12.0 Å². The maximum atomic E-state index is 12.0. The molecule has 7 heteroatoms. The minimum Gasteiger partial charge on any atom is -0.374 e. The standard InChI is InChI=1S/C13H13BrN4O2/c1-17-6-5-13(20,12(17)19)11-8-18(16-15-11)10-4-2-3-9(14)7-10/h2-4,7-8,20H,5-6H2,1H3/t13-/m1/s1. The Bertz CT molecular complexity index is 672. The molecule has 0 radical (unpaired) electrons. The molecule has 1 atom stereocenters. The van der Waals surface area contributed by atoms with Crippen LogP contribution in [0.5, 0.6) is 0 Å². The number of benzene rings is 1. The fourth-order valence-corrected chi connectivity index (χ4v) is 2.68. The highest BCUT2D eigenvalue weighted by Gasteiger charge is 2.47. The summed E-state index contributed by atoms with van der Waals surface area (Å²) in [5.74, 6) is -0.334. The van der Waals surface area contributed by atoms with Crippen LogP contribution in [0.2, 0.25) is 0 Å². The van der Waals surface area contributed by atoms with Gasteiger partial charge in [-0.15, -0.1) is 5.10 Å². The van der Waals surface area contributed by atoms with E-state index in [4.69, 9.17) is 0 Å². The van der Waals surface area contributed by atoms with Crippen LogP contribution in [0.15, 0.2) is 34.9 Å². The molecule has 1 fully saturated rings. The molecule has 6 nitrogen and oxygen atoms in total. The Kier molecular flexibility index (Phi) is 3.10. The number of nitrogens with zero attached hydrogens (tertiary/aromatic N) is 4. The SMILES string of the molecule is CN1CC[C@@](O)(c2cn(-c3cccc(Br)c3)nn2)C1=O. The molecular formula is C13H13BrN4O2. The number of likely N-dealkylation sites (tertiary alicyclic amines) is 1. The predicted molar refractivity (Wildman–Crippen MR) is 75.2 cm³/mol. The lowest BCUT2D eigenvalue weighted by Gasteiger charge is -2.17. The van der Waals surface area contributed by atoms with E-state index < -0.39 is 5.60 Å². The highest BCUT2D eigenvalue weighted by molar-refractivity contribution is 9.10. The van der Waals surface area contributed by atoms with Gasteiger partial charge in [0.1, 0.15) is 5.69 Å². The Morgan fingerprint density at radius 3 is 2.90 bits per heavy atom. The summed E-state index contributed by atoms with van der Waals surface area (Å²) in [6.45, 7) is 0.513. The second-order valence-corrected chi connectivity index (χ2v) is 5.78. The number of aliphatic hydroxyl groups is 1. The molecule has 2 aromatic rings. The molecule has 3 rings (SSSR count). The number of hydrogen-bond acceptors (Lipinski definition) is 4. The third kappa shape index (κ3) is 2.03. The molecule has 2 heterocycles. The van der Waals surface area contributed by atoms with Crippen molar-refractivity contribution >= 4 is 21.8 Å². The van der Waals surface area contributed by atoms with Gasteiger partial charge < -0.3 is 10.0 Å². The lowest BCUT2D eigenvalue weighted by molar-refractivity contribution is -0.143. The van der Waals surface area contributed by atoms with Crippen molar-refractivity contribution in [1.29, 1.82) is 0 Å². The van der Waals surface area contributed by atoms with E-state index in [2.05, 4.69) is 26.2 Å². The summed E-state index contributed by atoms with van der Waals surface area (Å²) in [6.07, 6.45) is 1.93. The molecular weight excluding hydrogens is 324 g/mol. The molecule has 104 valence electrons. The van der Waals surface area contributed by atoms with Gasteiger partial charge in [0.05, 0.1) is 11.9 Å². The quantitative estimate of drug-likeness (QED) is 0.890. The number of carbonyl (C=O) groups excluding carboxylic acids is 1.